The molecule has 1 aromatic carbocycles. The Bertz CT molecular complexity index is 837. The second kappa shape index (κ2) is 11.9. The van der Waals surface area contributed by atoms with Gasteiger partial charge in [-0.15, -0.1) is 10.2 Å². The van der Waals surface area contributed by atoms with Gasteiger partial charge >= 0.3 is 0 Å². The van der Waals surface area contributed by atoms with Crippen molar-refractivity contribution in [3.63, 3.8) is 0 Å². The van der Waals surface area contributed by atoms with Gasteiger partial charge in [0.05, 0.1) is 0 Å². The van der Waals surface area contributed by atoms with Gasteiger partial charge in [-0.05, 0) is 31.4 Å². The Kier molecular flexibility index (Phi) is 8.90. The average Bonchev–Trinajstić information content (AvgIpc) is 3.11. The molecule has 2 heterocycles. The van der Waals surface area contributed by atoms with E-state index in [4.69, 9.17) is 4.99 Å². The number of aryl methyl sites for hydroxylation is 1. The number of rotatable bonds is 9. The minimum absolute atomic E-state index is 0.537. The van der Waals surface area contributed by atoms with Gasteiger partial charge in [-0.25, -0.2) is 4.99 Å². The van der Waals surface area contributed by atoms with E-state index in [-0.39, 0.29) is 0 Å². The molecule has 176 valence electrons. The van der Waals surface area contributed by atoms with Crippen LogP contribution in [0.15, 0.2) is 35.3 Å². The van der Waals surface area contributed by atoms with Gasteiger partial charge in [0.1, 0.15) is 12.4 Å². The summed E-state index contributed by atoms with van der Waals surface area (Å²) in [6, 6.07) is 10.5. The van der Waals surface area contributed by atoms with Gasteiger partial charge < -0.3 is 19.7 Å². The summed E-state index contributed by atoms with van der Waals surface area (Å²) >= 11 is 0. The number of para-hydroxylation sites is 1. The number of nitrogens with zero attached hydrogens (tertiary/aromatic N) is 7. The Morgan fingerprint density at radius 3 is 2.47 bits per heavy atom. The molecule has 0 bridgehead atoms. The van der Waals surface area contributed by atoms with Crippen LogP contribution in [0.4, 0.5) is 5.69 Å². The van der Waals surface area contributed by atoms with E-state index < -0.39 is 0 Å². The van der Waals surface area contributed by atoms with Crippen LogP contribution in [0.2, 0.25) is 0 Å². The highest BCUT2D eigenvalue weighted by molar-refractivity contribution is 5.80. The molecule has 1 aliphatic rings. The summed E-state index contributed by atoms with van der Waals surface area (Å²) in [5.41, 5.74) is 1.25. The van der Waals surface area contributed by atoms with Crippen molar-refractivity contribution in [3.8, 4) is 0 Å². The first-order valence-corrected chi connectivity index (χ1v) is 11.8. The molecule has 1 N–H and O–H groups in total. The quantitative estimate of drug-likeness (QED) is 0.367. The van der Waals surface area contributed by atoms with Crippen LogP contribution in [0.25, 0.3) is 0 Å². The first-order chi connectivity index (χ1) is 15.4. The molecule has 0 atom stereocenters. The molecule has 1 fully saturated rings. The van der Waals surface area contributed by atoms with Crippen LogP contribution < -0.4 is 10.2 Å². The molecule has 0 radical (unpaired) electrons. The van der Waals surface area contributed by atoms with Crippen molar-refractivity contribution in [3.05, 3.63) is 42.0 Å². The van der Waals surface area contributed by atoms with E-state index in [2.05, 4.69) is 81.4 Å². The zero-order valence-corrected chi connectivity index (χ0v) is 20.5. The number of hydrogen-bond acceptors (Lipinski definition) is 5. The number of anilines is 1. The summed E-state index contributed by atoms with van der Waals surface area (Å²) in [6.45, 7) is 14.3. The second-order valence-corrected chi connectivity index (χ2v) is 9.08. The van der Waals surface area contributed by atoms with Crippen molar-refractivity contribution in [1.29, 1.82) is 0 Å². The molecule has 0 saturated carbocycles. The Morgan fingerprint density at radius 2 is 1.84 bits per heavy atom. The van der Waals surface area contributed by atoms with Crippen LogP contribution in [0, 0.1) is 12.8 Å². The van der Waals surface area contributed by atoms with Crippen molar-refractivity contribution in [2.24, 2.45) is 18.0 Å². The lowest BCUT2D eigenvalue weighted by Crippen LogP contribution is -2.53. The summed E-state index contributed by atoms with van der Waals surface area (Å²) in [5.74, 6) is 3.49. The molecule has 1 aromatic heterocycles. The fourth-order valence-electron chi connectivity index (χ4n) is 3.99. The SMILES string of the molecule is Cc1nnc(CN=C(NCCCN(C)c2ccccc2)N2CCN(CC(C)C)CC2)n1C. The first-order valence-electron chi connectivity index (χ1n) is 11.8. The van der Waals surface area contributed by atoms with Crippen LogP contribution in [-0.2, 0) is 13.6 Å². The van der Waals surface area contributed by atoms with Gasteiger partial charge in [-0.3, -0.25) is 4.90 Å². The Labute approximate surface area is 193 Å². The lowest BCUT2D eigenvalue weighted by Gasteiger charge is -2.37. The van der Waals surface area contributed by atoms with E-state index >= 15 is 0 Å². The van der Waals surface area contributed by atoms with Gasteiger partial charge in [0.15, 0.2) is 11.8 Å². The zero-order valence-electron chi connectivity index (χ0n) is 20.5. The third kappa shape index (κ3) is 6.95. The van der Waals surface area contributed by atoms with Crippen LogP contribution in [-0.4, -0.2) is 83.4 Å². The standard InChI is InChI=1S/C24H40N8/c1-20(2)19-31-14-16-32(17-15-31)24(26-18-23-28-27-21(3)30(23)5)25-12-9-13-29(4)22-10-7-6-8-11-22/h6-8,10-11,20H,9,12-19H2,1-5H3,(H,25,26). The Morgan fingerprint density at radius 1 is 1.12 bits per heavy atom. The first kappa shape index (κ1) is 24.0. The molecule has 1 saturated heterocycles. The largest absolute Gasteiger partial charge is 0.375 e. The molecule has 8 nitrogen and oxygen atoms in total. The highest BCUT2D eigenvalue weighted by Gasteiger charge is 2.20. The van der Waals surface area contributed by atoms with E-state index in [1.807, 2.05) is 18.5 Å². The fourth-order valence-corrected chi connectivity index (χ4v) is 3.99. The molecule has 8 heteroatoms. The zero-order chi connectivity index (χ0) is 22.9. The number of hydrogen-bond donors (Lipinski definition) is 1. The maximum atomic E-state index is 4.93. The fraction of sp³-hybridized carbons (Fsp3) is 0.625. The van der Waals surface area contributed by atoms with E-state index in [0.717, 1.165) is 69.8 Å². The third-order valence-electron chi connectivity index (χ3n) is 6.00. The topological polar surface area (TPSA) is 64.8 Å². The van der Waals surface area contributed by atoms with Crippen LogP contribution >= 0.6 is 0 Å². The molecule has 0 spiro atoms. The van der Waals surface area contributed by atoms with Crippen molar-refractivity contribution in [1.82, 2.24) is 29.9 Å². The van der Waals surface area contributed by atoms with Gasteiger partial charge in [0.25, 0.3) is 0 Å². The van der Waals surface area contributed by atoms with E-state index in [9.17, 15) is 0 Å². The van der Waals surface area contributed by atoms with Crippen molar-refractivity contribution >= 4 is 11.6 Å². The molecular formula is C24H40N8. The number of guanidine groups is 1. The molecule has 1 aliphatic heterocycles. The van der Waals surface area contributed by atoms with Gasteiger partial charge in [-0.2, -0.15) is 0 Å². The minimum atomic E-state index is 0.537. The van der Waals surface area contributed by atoms with Gasteiger partial charge in [0, 0.05) is 65.6 Å². The third-order valence-corrected chi connectivity index (χ3v) is 6.00. The molecule has 2 aromatic rings. The molecule has 0 amide bonds. The summed E-state index contributed by atoms with van der Waals surface area (Å²) in [6.07, 6.45) is 1.04. The van der Waals surface area contributed by atoms with Gasteiger partial charge in [0.2, 0.25) is 0 Å². The summed E-state index contributed by atoms with van der Waals surface area (Å²) in [5, 5.41) is 12.1. The number of piperazine rings is 1. The predicted molar refractivity (Wildman–Crippen MR) is 132 cm³/mol. The van der Waals surface area contributed by atoms with E-state index in [0.29, 0.717) is 12.5 Å². The monoisotopic (exact) mass is 440 g/mol. The summed E-state index contributed by atoms with van der Waals surface area (Å²) in [7, 11) is 4.14. The van der Waals surface area contributed by atoms with Crippen LogP contribution in [0.3, 0.4) is 0 Å². The summed E-state index contributed by atoms with van der Waals surface area (Å²) in [4.78, 5) is 12.2. The highest BCUT2D eigenvalue weighted by Crippen LogP contribution is 2.11. The van der Waals surface area contributed by atoms with E-state index in [1.165, 1.54) is 5.69 Å². The second-order valence-electron chi connectivity index (χ2n) is 9.08. The number of nitrogens with one attached hydrogen (secondary N) is 1. The van der Waals surface area contributed by atoms with E-state index in [1.54, 1.807) is 0 Å². The molecular weight excluding hydrogens is 400 g/mol. The Balaban J connectivity index is 1.56. The number of benzene rings is 1. The summed E-state index contributed by atoms with van der Waals surface area (Å²) < 4.78 is 2.01. The maximum Gasteiger partial charge on any atom is 0.194 e. The minimum Gasteiger partial charge on any atom is -0.375 e. The molecule has 0 aliphatic carbocycles. The predicted octanol–water partition coefficient (Wildman–Crippen LogP) is 2.37. The normalized spacial score (nSPS) is 15.4. The maximum absolute atomic E-state index is 4.93. The van der Waals surface area contributed by atoms with Crippen molar-refractivity contribution < 1.29 is 0 Å². The smallest absolute Gasteiger partial charge is 0.194 e. The molecule has 0 unspecified atom stereocenters. The molecule has 3 rings (SSSR count). The average molecular weight is 441 g/mol. The number of aromatic nitrogens is 3. The van der Waals surface area contributed by atoms with Crippen molar-refractivity contribution in [2.45, 2.75) is 33.7 Å². The highest BCUT2D eigenvalue weighted by atomic mass is 15.4. The lowest BCUT2D eigenvalue weighted by molar-refractivity contribution is 0.164. The Hall–Kier alpha value is -2.61. The van der Waals surface area contributed by atoms with Gasteiger partial charge in [-0.1, -0.05) is 32.0 Å². The van der Waals surface area contributed by atoms with Crippen molar-refractivity contribution in [2.75, 3.05) is 57.8 Å². The lowest BCUT2D eigenvalue weighted by atomic mass is 10.2. The number of aliphatic imine (C=N–C) groups is 1. The van der Waals surface area contributed by atoms with Crippen LogP contribution in [0.1, 0.15) is 31.9 Å². The van der Waals surface area contributed by atoms with Crippen LogP contribution in [0.5, 0.6) is 0 Å². The molecule has 32 heavy (non-hydrogen) atoms.